The van der Waals surface area contributed by atoms with E-state index in [2.05, 4.69) is 11.9 Å². The van der Waals surface area contributed by atoms with E-state index in [1.54, 1.807) is 21.6 Å². The van der Waals surface area contributed by atoms with Crippen LogP contribution < -0.4 is 0 Å². The average Bonchev–Trinajstić information content (AvgIpc) is 2.81. The van der Waals surface area contributed by atoms with Gasteiger partial charge in [0.15, 0.2) is 10.8 Å². The Hall–Kier alpha value is -1.59. The van der Waals surface area contributed by atoms with Gasteiger partial charge in [0.1, 0.15) is 5.65 Å². The first-order valence-electron chi connectivity index (χ1n) is 7.21. The van der Waals surface area contributed by atoms with Crippen molar-refractivity contribution < 1.29 is 9.90 Å². The monoisotopic (exact) mass is 309 g/mol. The van der Waals surface area contributed by atoms with Crippen LogP contribution in [0.5, 0.6) is 0 Å². The van der Waals surface area contributed by atoms with E-state index in [-0.39, 0.29) is 17.7 Å². The topological polar surface area (TPSA) is 57.8 Å². The molecule has 5 nitrogen and oxygen atoms in total. The fourth-order valence-electron chi connectivity index (χ4n) is 2.30. The van der Waals surface area contributed by atoms with Crippen LogP contribution in [0.2, 0.25) is 5.15 Å². The molecule has 0 atom stereocenters. The molecule has 2 heterocycles. The van der Waals surface area contributed by atoms with Gasteiger partial charge in [-0.2, -0.15) is 0 Å². The Balaban J connectivity index is 2.27. The Bertz CT molecular complexity index is 612. The normalized spacial score (nSPS) is 11.0. The standard InChI is InChI=1S/C15H20ClN3O2/c1-2-3-5-8-18(10-11-20)15(21)13-14(16)17-12-7-4-6-9-19(12)13/h4,6-7,9,20H,2-3,5,8,10-11H2,1H3. The van der Waals surface area contributed by atoms with Crippen molar-refractivity contribution in [1.82, 2.24) is 14.3 Å². The number of carbonyl (C=O) groups is 1. The summed E-state index contributed by atoms with van der Waals surface area (Å²) in [5, 5.41) is 9.37. The van der Waals surface area contributed by atoms with Crippen LogP contribution in [0.1, 0.15) is 36.7 Å². The number of fused-ring (bicyclic) bond motifs is 1. The number of carbonyl (C=O) groups excluding carboxylic acids is 1. The van der Waals surface area contributed by atoms with E-state index in [1.807, 2.05) is 12.1 Å². The summed E-state index contributed by atoms with van der Waals surface area (Å²) >= 11 is 6.13. The Morgan fingerprint density at radius 2 is 2.19 bits per heavy atom. The van der Waals surface area contributed by atoms with Gasteiger partial charge in [-0.15, -0.1) is 0 Å². The van der Waals surface area contributed by atoms with Gasteiger partial charge in [-0.1, -0.05) is 37.4 Å². The Labute approximate surface area is 129 Å². The number of pyridine rings is 1. The molecule has 0 spiro atoms. The molecule has 0 aliphatic rings. The molecule has 0 aliphatic heterocycles. The Kier molecular flexibility index (Phi) is 5.59. The maximum Gasteiger partial charge on any atom is 0.274 e. The molecular formula is C15H20ClN3O2. The minimum Gasteiger partial charge on any atom is -0.395 e. The second kappa shape index (κ2) is 7.43. The number of nitrogens with zero attached hydrogens (tertiary/aromatic N) is 3. The van der Waals surface area contributed by atoms with E-state index in [4.69, 9.17) is 11.6 Å². The molecule has 2 aromatic rings. The van der Waals surface area contributed by atoms with Gasteiger partial charge >= 0.3 is 0 Å². The molecule has 0 saturated heterocycles. The molecule has 21 heavy (non-hydrogen) atoms. The Morgan fingerprint density at radius 1 is 1.38 bits per heavy atom. The van der Waals surface area contributed by atoms with Crippen molar-refractivity contribution >= 4 is 23.2 Å². The van der Waals surface area contributed by atoms with Gasteiger partial charge in [0.25, 0.3) is 5.91 Å². The number of halogens is 1. The van der Waals surface area contributed by atoms with E-state index in [0.717, 1.165) is 19.3 Å². The van der Waals surface area contributed by atoms with Crippen molar-refractivity contribution in [2.75, 3.05) is 19.7 Å². The van der Waals surface area contributed by atoms with Crippen molar-refractivity contribution in [3.63, 3.8) is 0 Å². The summed E-state index contributed by atoms with van der Waals surface area (Å²) in [6.45, 7) is 2.97. The summed E-state index contributed by atoms with van der Waals surface area (Å²) in [5.74, 6) is -0.191. The average molecular weight is 310 g/mol. The zero-order valence-electron chi connectivity index (χ0n) is 12.1. The maximum absolute atomic E-state index is 12.7. The fraction of sp³-hybridized carbons (Fsp3) is 0.467. The van der Waals surface area contributed by atoms with E-state index >= 15 is 0 Å². The molecule has 0 aliphatic carbocycles. The lowest BCUT2D eigenvalue weighted by Crippen LogP contribution is -2.35. The van der Waals surface area contributed by atoms with Gasteiger partial charge in [-0.3, -0.25) is 9.20 Å². The largest absolute Gasteiger partial charge is 0.395 e. The van der Waals surface area contributed by atoms with Crippen molar-refractivity contribution in [2.45, 2.75) is 26.2 Å². The smallest absolute Gasteiger partial charge is 0.274 e. The van der Waals surface area contributed by atoms with Crippen molar-refractivity contribution in [2.24, 2.45) is 0 Å². The summed E-state index contributed by atoms with van der Waals surface area (Å²) in [5.41, 5.74) is 1.00. The van der Waals surface area contributed by atoms with Gasteiger partial charge < -0.3 is 10.0 Å². The van der Waals surface area contributed by atoms with Crippen LogP contribution in [0.3, 0.4) is 0 Å². The summed E-state index contributed by atoms with van der Waals surface area (Å²) in [6, 6.07) is 5.48. The van der Waals surface area contributed by atoms with Crippen LogP contribution in [0.25, 0.3) is 5.65 Å². The molecule has 6 heteroatoms. The molecule has 1 N–H and O–H groups in total. The number of unbranched alkanes of at least 4 members (excludes halogenated alkanes) is 2. The van der Waals surface area contributed by atoms with Gasteiger partial charge in [-0.25, -0.2) is 4.98 Å². The molecule has 2 aromatic heterocycles. The van der Waals surface area contributed by atoms with Crippen LogP contribution in [-0.4, -0.2) is 45.0 Å². The van der Waals surface area contributed by atoms with E-state index in [0.29, 0.717) is 24.4 Å². The predicted octanol–water partition coefficient (Wildman–Crippen LogP) is 2.61. The summed E-state index contributed by atoms with van der Waals surface area (Å²) in [6.07, 6.45) is 4.81. The highest BCUT2D eigenvalue weighted by atomic mass is 35.5. The first-order chi connectivity index (χ1) is 10.2. The third-order valence-corrected chi connectivity index (χ3v) is 3.64. The van der Waals surface area contributed by atoms with Gasteiger partial charge in [-0.05, 0) is 18.6 Å². The zero-order chi connectivity index (χ0) is 15.2. The molecular weight excluding hydrogens is 290 g/mol. The lowest BCUT2D eigenvalue weighted by Gasteiger charge is -2.21. The van der Waals surface area contributed by atoms with Crippen LogP contribution >= 0.6 is 11.6 Å². The number of hydrogen-bond acceptors (Lipinski definition) is 3. The first kappa shape index (κ1) is 15.8. The minimum atomic E-state index is -0.191. The van der Waals surface area contributed by atoms with Crippen LogP contribution in [0.15, 0.2) is 24.4 Å². The highest BCUT2D eigenvalue weighted by Crippen LogP contribution is 2.19. The Morgan fingerprint density at radius 3 is 2.90 bits per heavy atom. The van der Waals surface area contributed by atoms with Gasteiger partial charge in [0.2, 0.25) is 0 Å². The zero-order valence-corrected chi connectivity index (χ0v) is 12.9. The molecule has 0 unspecified atom stereocenters. The van der Waals surface area contributed by atoms with E-state index in [9.17, 15) is 9.90 Å². The molecule has 0 radical (unpaired) electrons. The van der Waals surface area contributed by atoms with Crippen LogP contribution in [0.4, 0.5) is 0 Å². The number of rotatable bonds is 7. The number of imidazole rings is 1. The SMILES string of the molecule is CCCCCN(CCO)C(=O)c1c(Cl)nc2ccccn12. The molecule has 114 valence electrons. The van der Waals surface area contributed by atoms with Gasteiger partial charge in [0, 0.05) is 19.3 Å². The van der Waals surface area contributed by atoms with Crippen molar-refractivity contribution in [3.05, 3.63) is 35.2 Å². The molecule has 0 fully saturated rings. The van der Waals surface area contributed by atoms with E-state index < -0.39 is 0 Å². The lowest BCUT2D eigenvalue weighted by atomic mass is 10.2. The highest BCUT2D eigenvalue weighted by molar-refractivity contribution is 6.32. The highest BCUT2D eigenvalue weighted by Gasteiger charge is 2.22. The van der Waals surface area contributed by atoms with Crippen LogP contribution in [0, 0.1) is 0 Å². The summed E-state index contributed by atoms with van der Waals surface area (Å²) < 4.78 is 1.69. The third kappa shape index (κ3) is 3.54. The maximum atomic E-state index is 12.7. The fourth-order valence-corrected chi connectivity index (χ4v) is 2.55. The predicted molar refractivity (Wildman–Crippen MR) is 82.7 cm³/mol. The first-order valence-corrected chi connectivity index (χ1v) is 7.59. The molecule has 1 amide bonds. The molecule has 0 saturated carbocycles. The van der Waals surface area contributed by atoms with Crippen molar-refractivity contribution in [1.29, 1.82) is 0 Å². The van der Waals surface area contributed by atoms with Crippen molar-refractivity contribution in [3.8, 4) is 0 Å². The summed E-state index contributed by atoms with van der Waals surface area (Å²) in [4.78, 5) is 18.5. The second-order valence-corrected chi connectivity index (χ2v) is 5.26. The number of hydrogen-bond donors (Lipinski definition) is 1. The molecule has 2 rings (SSSR count). The van der Waals surface area contributed by atoms with Gasteiger partial charge in [0.05, 0.1) is 6.61 Å². The number of amides is 1. The van der Waals surface area contributed by atoms with Crippen LogP contribution in [-0.2, 0) is 0 Å². The number of aliphatic hydroxyl groups excluding tert-OH is 1. The van der Waals surface area contributed by atoms with E-state index in [1.165, 1.54) is 0 Å². The second-order valence-electron chi connectivity index (χ2n) is 4.90. The third-order valence-electron chi connectivity index (χ3n) is 3.38. The molecule has 0 bridgehead atoms. The minimum absolute atomic E-state index is 0.0633. The number of aliphatic hydroxyl groups is 1. The number of aromatic nitrogens is 2. The summed E-state index contributed by atoms with van der Waals surface area (Å²) in [7, 11) is 0. The lowest BCUT2D eigenvalue weighted by molar-refractivity contribution is 0.0712. The molecule has 0 aromatic carbocycles. The quantitative estimate of drug-likeness (QED) is 0.800.